The summed E-state index contributed by atoms with van der Waals surface area (Å²) in [5.41, 5.74) is -0.258. The Kier molecular flexibility index (Phi) is 8.28. The molecule has 0 radical (unpaired) electrons. The van der Waals surface area contributed by atoms with E-state index in [1.165, 1.54) is 17.0 Å². The molecule has 0 aromatic heterocycles. The number of carbonyl (C=O) groups excluding carboxylic acids is 1. The maximum atomic E-state index is 14.8. The Bertz CT molecular complexity index is 1170. The molecule has 0 N–H and O–H groups in total. The van der Waals surface area contributed by atoms with Crippen molar-refractivity contribution in [1.82, 2.24) is 4.90 Å². The molecule has 0 bridgehead atoms. The third-order valence-corrected chi connectivity index (χ3v) is 7.08. The Morgan fingerprint density at radius 1 is 1.03 bits per heavy atom. The molecule has 1 aliphatic heterocycles. The third kappa shape index (κ3) is 6.97. The fraction of sp³-hybridized carbons (Fsp3) is 0.536. The van der Waals surface area contributed by atoms with Gasteiger partial charge in [-0.2, -0.15) is 13.2 Å². The predicted octanol–water partition coefficient (Wildman–Crippen LogP) is 7.85. The van der Waals surface area contributed by atoms with Crippen molar-refractivity contribution in [1.29, 1.82) is 0 Å². The normalized spacial score (nSPS) is 18.3. The van der Waals surface area contributed by atoms with Crippen LogP contribution in [0.2, 0.25) is 5.02 Å². The average molecular weight is 560 g/mol. The Hall–Kier alpha value is -2.39. The molecule has 1 saturated heterocycles. The van der Waals surface area contributed by atoms with Crippen LogP contribution in [0.4, 0.5) is 22.0 Å². The molecule has 10 heteroatoms. The van der Waals surface area contributed by atoms with Crippen molar-refractivity contribution in [2.45, 2.75) is 70.2 Å². The van der Waals surface area contributed by atoms with Gasteiger partial charge in [-0.1, -0.05) is 17.7 Å². The Morgan fingerprint density at radius 2 is 1.68 bits per heavy atom. The highest BCUT2D eigenvalue weighted by Gasteiger charge is 2.45. The van der Waals surface area contributed by atoms with E-state index in [1.807, 2.05) is 0 Å². The van der Waals surface area contributed by atoms with E-state index < -0.39 is 35.4 Å². The van der Waals surface area contributed by atoms with Crippen molar-refractivity contribution < 1.29 is 36.2 Å². The van der Waals surface area contributed by atoms with Gasteiger partial charge in [0.1, 0.15) is 29.0 Å². The minimum absolute atomic E-state index is 0.0300. The molecule has 1 atom stereocenters. The number of hydrogen-bond donors (Lipinski definition) is 0. The molecule has 1 saturated carbocycles. The number of piperidine rings is 1. The number of halogens is 6. The van der Waals surface area contributed by atoms with Gasteiger partial charge in [-0.05, 0) is 101 Å². The highest BCUT2D eigenvalue weighted by Crippen LogP contribution is 2.46. The van der Waals surface area contributed by atoms with E-state index in [0.29, 0.717) is 18.6 Å². The first-order chi connectivity index (χ1) is 17.7. The monoisotopic (exact) mass is 559 g/mol. The zero-order valence-electron chi connectivity index (χ0n) is 21.5. The van der Waals surface area contributed by atoms with Gasteiger partial charge in [0, 0.05) is 6.07 Å². The van der Waals surface area contributed by atoms with Crippen molar-refractivity contribution in [3.8, 4) is 5.75 Å². The molecule has 1 aliphatic carbocycles. The second-order valence-electron chi connectivity index (χ2n) is 11.1. The van der Waals surface area contributed by atoms with Gasteiger partial charge >= 0.3 is 12.1 Å². The van der Waals surface area contributed by atoms with Crippen molar-refractivity contribution >= 4 is 17.6 Å². The molecule has 4 rings (SSSR count). The molecule has 4 nitrogen and oxygen atoms in total. The lowest BCUT2D eigenvalue weighted by atomic mass is 9.94. The maximum absolute atomic E-state index is 14.8. The van der Waals surface area contributed by atoms with Crippen molar-refractivity contribution in [2.75, 3.05) is 19.7 Å². The summed E-state index contributed by atoms with van der Waals surface area (Å²) in [6.45, 7) is 5.67. The summed E-state index contributed by atoms with van der Waals surface area (Å²) >= 11 is 5.75. The van der Waals surface area contributed by atoms with Gasteiger partial charge in [0.2, 0.25) is 0 Å². The van der Waals surface area contributed by atoms with E-state index in [2.05, 4.69) is 0 Å². The number of ether oxygens (including phenoxy) is 2. The SMILES string of the molecule is CC(C)(C)OC(=O)c1cc(C2CC2)c(OCC2CCN(C(c3ccc(F)c(Cl)c3)C(F)(F)F)CC2)cc1F. The molecule has 1 unspecified atom stereocenters. The predicted molar refractivity (Wildman–Crippen MR) is 134 cm³/mol. The lowest BCUT2D eigenvalue weighted by molar-refractivity contribution is -0.190. The number of rotatable bonds is 7. The van der Waals surface area contributed by atoms with Crippen LogP contribution >= 0.6 is 11.6 Å². The molecule has 2 aromatic rings. The molecule has 1 heterocycles. The quantitative estimate of drug-likeness (QED) is 0.256. The molecule has 0 spiro atoms. The first-order valence-corrected chi connectivity index (χ1v) is 13.1. The molecule has 2 aliphatic rings. The Labute approximate surface area is 224 Å². The Balaban J connectivity index is 1.41. The lowest BCUT2D eigenvalue weighted by Crippen LogP contribution is -2.43. The van der Waals surface area contributed by atoms with Gasteiger partial charge in [0.15, 0.2) is 0 Å². The summed E-state index contributed by atoms with van der Waals surface area (Å²) in [6.07, 6.45) is -1.87. The molecule has 0 amide bonds. The second kappa shape index (κ2) is 11.0. The van der Waals surface area contributed by atoms with Crippen LogP contribution in [0.25, 0.3) is 0 Å². The van der Waals surface area contributed by atoms with Gasteiger partial charge in [0.25, 0.3) is 0 Å². The van der Waals surface area contributed by atoms with Crippen molar-refractivity contribution in [3.05, 3.63) is 63.7 Å². The lowest BCUT2D eigenvalue weighted by Gasteiger charge is -2.38. The standard InChI is InChI=1S/C28H31ClF5NO3/c1-27(2,3)38-26(36)20-13-19(17-4-5-17)24(14-23(20)31)37-15-16-8-10-35(11-9-16)25(28(32,33)34)18-6-7-22(30)21(29)12-18/h6-7,12-14,16-17,25H,4-5,8-11,15H2,1-3H3. The van der Waals surface area contributed by atoms with Crippen LogP contribution in [-0.4, -0.2) is 42.3 Å². The topological polar surface area (TPSA) is 38.8 Å². The van der Waals surface area contributed by atoms with E-state index in [-0.39, 0.29) is 47.7 Å². The van der Waals surface area contributed by atoms with E-state index in [4.69, 9.17) is 21.1 Å². The fourth-order valence-corrected chi connectivity index (χ4v) is 4.96. The fourth-order valence-electron chi connectivity index (χ4n) is 4.77. The van der Waals surface area contributed by atoms with E-state index in [0.717, 1.165) is 36.6 Å². The number of hydrogen-bond acceptors (Lipinski definition) is 4. The van der Waals surface area contributed by atoms with Crippen LogP contribution in [0.1, 0.15) is 79.9 Å². The number of nitrogens with zero attached hydrogens (tertiary/aromatic N) is 1. The number of carbonyl (C=O) groups is 1. The highest BCUT2D eigenvalue weighted by atomic mass is 35.5. The van der Waals surface area contributed by atoms with Gasteiger partial charge in [-0.25, -0.2) is 13.6 Å². The van der Waals surface area contributed by atoms with Crippen LogP contribution in [0.15, 0.2) is 30.3 Å². The minimum atomic E-state index is -4.56. The van der Waals surface area contributed by atoms with Gasteiger partial charge < -0.3 is 9.47 Å². The van der Waals surface area contributed by atoms with Gasteiger partial charge in [0.05, 0.1) is 17.2 Å². The molecular formula is C28H31ClF5NO3. The van der Waals surface area contributed by atoms with Crippen LogP contribution in [0, 0.1) is 17.6 Å². The van der Waals surface area contributed by atoms with Crippen LogP contribution in [-0.2, 0) is 4.74 Å². The summed E-state index contributed by atoms with van der Waals surface area (Å²) in [5.74, 6) is -1.75. The zero-order chi connectivity index (χ0) is 27.8. The summed E-state index contributed by atoms with van der Waals surface area (Å²) < 4.78 is 81.6. The summed E-state index contributed by atoms with van der Waals surface area (Å²) in [7, 11) is 0. The molecule has 2 aromatic carbocycles. The summed E-state index contributed by atoms with van der Waals surface area (Å²) in [6, 6.07) is 3.91. The number of esters is 1. The second-order valence-corrected chi connectivity index (χ2v) is 11.5. The summed E-state index contributed by atoms with van der Waals surface area (Å²) in [5, 5.41) is -0.351. The number of alkyl halides is 3. The van der Waals surface area contributed by atoms with E-state index in [1.54, 1.807) is 20.8 Å². The van der Waals surface area contributed by atoms with Crippen LogP contribution in [0.3, 0.4) is 0 Å². The first-order valence-electron chi connectivity index (χ1n) is 12.7. The molecule has 2 fully saturated rings. The zero-order valence-corrected chi connectivity index (χ0v) is 22.3. The first kappa shape index (κ1) is 28.6. The van der Waals surface area contributed by atoms with E-state index >= 15 is 0 Å². The van der Waals surface area contributed by atoms with E-state index in [9.17, 15) is 26.7 Å². The van der Waals surface area contributed by atoms with Crippen LogP contribution in [0.5, 0.6) is 5.75 Å². The molecule has 208 valence electrons. The van der Waals surface area contributed by atoms with Gasteiger partial charge in [-0.3, -0.25) is 4.90 Å². The van der Waals surface area contributed by atoms with Gasteiger partial charge in [-0.15, -0.1) is 0 Å². The highest BCUT2D eigenvalue weighted by molar-refractivity contribution is 6.30. The van der Waals surface area contributed by atoms with Crippen molar-refractivity contribution in [3.63, 3.8) is 0 Å². The smallest absolute Gasteiger partial charge is 0.408 e. The maximum Gasteiger partial charge on any atom is 0.408 e. The largest absolute Gasteiger partial charge is 0.493 e. The summed E-state index contributed by atoms with van der Waals surface area (Å²) in [4.78, 5) is 13.8. The Morgan fingerprint density at radius 3 is 2.24 bits per heavy atom. The molecular weight excluding hydrogens is 529 g/mol. The van der Waals surface area contributed by atoms with Crippen molar-refractivity contribution in [2.24, 2.45) is 5.92 Å². The number of likely N-dealkylation sites (tertiary alicyclic amines) is 1. The average Bonchev–Trinajstić information content (AvgIpc) is 3.64. The third-order valence-electron chi connectivity index (χ3n) is 6.79. The van der Waals surface area contributed by atoms with Crippen LogP contribution < -0.4 is 4.74 Å². The molecule has 38 heavy (non-hydrogen) atoms. The number of benzene rings is 2. The minimum Gasteiger partial charge on any atom is -0.493 e.